The topological polar surface area (TPSA) is 79.9 Å². The number of benzene rings is 2. The van der Waals surface area contributed by atoms with Gasteiger partial charge in [-0.3, -0.25) is 4.79 Å². The molecule has 1 atom stereocenters. The van der Waals surface area contributed by atoms with Crippen molar-refractivity contribution < 1.29 is 19.1 Å². The Balaban J connectivity index is 1.56. The van der Waals surface area contributed by atoms with Gasteiger partial charge in [-0.2, -0.15) is 0 Å². The normalized spacial score (nSPS) is 16.0. The summed E-state index contributed by atoms with van der Waals surface area (Å²) < 4.78 is 10.5. The third kappa shape index (κ3) is 4.54. The largest absolute Gasteiger partial charge is 0.493 e. The molecule has 148 valence electrons. The van der Waals surface area contributed by atoms with Crippen LogP contribution < -0.4 is 25.0 Å². The minimum absolute atomic E-state index is 0.0453. The Morgan fingerprint density at radius 2 is 1.82 bits per heavy atom. The van der Waals surface area contributed by atoms with Gasteiger partial charge in [0, 0.05) is 31.3 Å². The number of urea groups is 1. The minimum atomic E-state index is -0.285. The summed E-state index contributed by atoms with van der Waals surface area (Å²) in [5, 5.41) is 5.70. The van der Waals surface area contributed by atoms with Crippen molar-refractivity contribution in [1.82, 2.24) is 10.6 Å². The molecular formula is C21H25N3O4. The zero-order chi connectivity index (χ0) is 20.1. The van der Waals surface area contributed by atoms with Crippen LogP contribution in [0.4, 0.5) is 10.5 Å². The molecule has 1 aliphatic heterocycles. The van der Waals surface area contributed by atoms with E-state index in [9.17, 15) is 9.59 Å². The lowest BCUT2D eigenvalue weighted by atomic mass is 10.1. The predicted molar refractivity (Wildman–Crippen MR) is 107 cm³/mol. The van der Waals surface area contributed by atoms with Gasteiger partial charge in [-0.25, -0.2) is 4.79 Å². The SMILES string of the molecule is COc1ccc(N2C[C@H](NC(=O)NCc3ccc(C)cc3)CC2=O)cc1OC. The number of carbonyl (C=O) groups excluding carboxylic acids is 2. The first kappa shape index (κ1) is 19.5. The molecule has 0 aromatic heterocycles. The molecule has 1 heterocycles. The molecule has 2 N–H and O–H groups in total. The number of nitrogens with zero attached hydrogens (tertiary/aromatic N) is 1. The summed E-state index contributed by atoms with van der Waals surface area (Å²) in [4.78, 5) is 26.2. The van der Waals surface area contributed by atoms with Crippen LogP contribution in [0, 0.1) is 6.92 Å². The van der Waals surface area contributed by atoms with Crippen molar-refractivity contribution in [3.8, 4) is 11.5 Å². The summed E-state index contributed by atoms with van der Waals surface area (Å²) >= 11 is 0. The molecule has 3 amide bonds. The van der Waals surface area contributed by atoms with Gasteiger partial charge in [0.15, 0.2) is 11.5 Å². The second-order valence-electron chi connectivity index (χ2n) is 6.76. The van der Waals surface area contributed by atoms with Crippen LogP contribution in [0.3, 0.4) is 0 Å². The van der Waals surface area contributed by atoms with Crippen molar-refractivity contribution in [1.29, 1.82) is 0 Å². The molecule has 1 saturated heterocycles. The van der Waals surface area contributed by atoms with Gasteiger partial charge in [0.05, 0.1) is 20.3 Å². The van der Waals surface area contributed by atoms with Crippen molar-refractivity contribution in [2.45, 2.75) is 25.9 Å². The summed E-state index contributed by atoms with van der Waals surface area (Å²) in [6, 6.07) is 12.8. The standard InChI is InChI=1S/C21H25N3O4/c1-14-4-6-15(7-5-14)12-22-21(26)23-16-10-20(25)24(13-16)17-8-9-18(27-2)19(11-17)28-3/h4-9,11,16H,10,12-13H2,1-3H3,(H2,22,23,26)/t16-/m1/s1. The summed E-state index contributed by atoms with van der Waals surface area (Å²) in [5.74, 6) is 1.11. The molecule has 0 aliphatic carbocycles. The lowest BCUT2D eigenvalue weighted by molar-refractivity contribution is -0.117. The first-order valence-electron chi connectivity index (χ1n) is 9.12. The van der Waals surface area contributed by atoms with Gasteiger partial charge >= 0.3 is 6.03 Å². The number of aryl methyl sites for hydroxylation is 1. The molecule has 28 heavy (non-hydrogen) atoms. The van der Waals surface area contributed by atoms with E-state index in [1.54, 1.807) is 37.3 Å². The fourth-order valence-corrected chi connectivity index (χ4v) is 3.17. The van der Waals surface area contributed by atoms with Crippen molar-refractivity contribution in [3.63, 3.8) is 0 Å². The van der Waals surface area contributed by atoms with Gasteiger partial charge in [-0.05, 0) is 24.6 Å². The second kappa shape index (κ2) is 8.65. The van der Waals surface area contributed by atoms with E-state index in [0.717, 1.165) is 5.56 Å². The van der Waals surface area contributed by atoms with E-state index in [2.05, 4.69) is 10.6 Å². The lowest BCUT2D eigenvalue weighted by Crippen LogP contribution is -2.43. The van der Waals surface area contributed by atoms with E-state index in [-0.39, 0.29) is 24.4 Å². The van der Waals surface area contributed by atoms with Crippen molar-refractivity contribution in [2.24, 2.45) is 0 Å². The molecule has 0 unspecified atom stereocenters. The van der Waals surface area contributed by atoms with E-state index in [0.29, 0.717) is 30.3 Å². The fourth-order valence-electron chi connectivity index (χ4n) is 3.17. The van der Waals surface area contributed by atoms with Crippen molar-refractivity contribution in [3.05, 3.63) is 53.6 Å². The fraction of sp³-hybridized carbons (Fsp3) is 0.333. The summed E-state index contributed by atoms with van der Waals surface area (Å²) in [6.07, 6.45) is 0.256. The Morgan fingerprint density at radius 3 is 2.50 bits per heavy atom. The van der Waals surface area contributed by atoms with Crippen LogP contribution >= 0.6 is 0 Å². The minimum Gasteiger partial charge on any atom is -0.493 e. The van der Waals surface area contributed by atoms with Gasteiger partial charge in [0.1, 0.15) is 0 Å². The maximum absolute atomic E-state index is 12.4. The zero-order valence-corrected chi connectivity index (χ0v) is 16.3. The van der Waals surface area contributed by atoms with Crippen LogP contribution in [0.5, 0.6) is 11.5 Å². The van der Waals surface area contributed by atoms with Gasteiger partial charge in [0.2, 0.25) is 5.91 Å². The molecule has 1 aliphatic rings. The second-order valence-corrected chi connectivity index (χ2v) is 6.76. The monoisotopic (exact) mass is 383 g/mol. The molecule has 0 spiro atoms. The first-order chi connectivity index (χ1) is 13.5. The van der Waals surface area contributed by atoms with Crippen LogP contribution in [-0.2, 0) is 11.3 Å². The molecule has 1 fully saturated rings. The average molecular weight is 383 g/mol. The molecule has 3 rings (SSSR count). The number of carbonyl (C=O) groups is 2. The maximum atomic E-state index is 12.4. The maximum Gasteiger partial charge on any atom is 0.315 e. The number of hydrogen-bond acceptors (Lipinski definition) is 4. The van der Waals surface area contributed by atoms with Crippen LogP contribution in [0.2, 0.25) is 0 Å². The molecular weight excluding hydrogens is 358 g/mol. The smallest absolute Gasteiger partial charge is 0.315 e. The molecule has 2 aromatic rings. The molecule has 7 heteroatoms. The zero-order valence-electron chi connectivity index (χ0n) is 16.3. The molecule has 7 nitrogen and oxygen atoms in total. The highest BCUT2D eigenvalue weighted by molar-refractivity contribution is 5.97. The molecule has 0 saturated carbocycles. The van der Waals surface area contributed by atoms with E-state index in [1.807, 2.05) is 31.2 Å². The lowest BCUT2D eigenvalue weighted by Gasteiger charge is -2.19. The Labute approximate surface area is 164 Å². The summed E-state index contributed by atoms with van der Waals surface area (Å²) in [5.41, 5.74) is 2.91. The van der Waals surface area contributed by atoms with Gasteiger partial charge in [0.25, 0.3) is 0 Å². The Morgan fingerprint density at radius 1 is 1.11 bits per heavy atom. The third-order valence-corrected chi connectivity index (χ3v) is 4.71. The van der Waals surface area contributed by atoms with Gasteiger partial charge in [-0.1, -0.05) is 29.8 Å². The number of anilines is 1. The number of hydrogen-bond donors (Lipinski definition) is 2. The third-order valence-electron chi connectivity index (χ3n) is 4.71. The summed E-state index contributed by atoms with van der Waals surface area (Å²) in [7, 11) is 3.11. The number of ether oxygens (including phenoxy) is 2. The van der Waals surface area contributed by atoms with E-state index < -0.39 is 0 Å². The highest BCUT2D eigenvalue weighted by atomic mass is 16.5. The van der Waals surface area contributed by atoms with Crippen LogP contribution in [0.1, 0.15) is 17.5 Å². The number of methoxy groups -OCH3 is 2. The average Bonchev–Trinajstić information content (AvgIpc) is 3.06. The van der Waals surface area contributed by atoms with E-state index in [4.69, 9.17) is 9.47 Å². The highest BCUT2D eigenvalue weighted by Crippen LogP contribution is 2.33. The quantitative estimate of drug-likeness (QED) is 0.804. The Bertz CT molecular complexity index is 851. The van der Waals surface area contributed by atoms with E-state index >= 15 is 0 Å². The predicted octanol–water partition coefficient (Wildman–Crippen LogP) is 2.62. The summed E-state index contributed by atoms with van der Waals surface area (Å²) in [6.45, 7) is 2.86. The number of amides is 3. The van der Waals surface area contributed by atoms with E-state index in [1.165, 1.54) is 5.56 Å². The molecule has 0 radical (unpaired) electrons. The first-order valence-corrected chi connectivity index (χ1v) is 9.12. The van der Waals surface area contributed by atoms with Crippen LogP contribution in [0.15, 0.2) is 42.5 Å². The molecule has 2 aromatic carbocycles. The Hall–Kier alpha value is -3.22. The number of nitrogens with one attached hydrogen (secondary N) is 2. The molecule has 0 bridgehead atoms. The van der Waals surface area contributed by atoms with Crippen molar-refractivity contribution in [2.75, 3.05) is 25.7 Å². The van der Waals surface area contributed by atoms with Crippen LogP contribution in [-0.4, -0.2) is 38.7 Å². The van der Waals surface area contributed by atoms with Gasteiger partial charge in [-0.15, -0.1) is 0 Å². The Kier molecular flexibility index (Phi) is 6.03. The van der Waals surface area contributed by atoms with Crippen LogP contribution in [0.25, 0.3) is 0 Å². The van der Waals surface area contributed by atoms with Crippen molar-refractivity contribution >= 4 is 17.6 Å². The number of rotatable bonds is 6. The van der Waals surface area contributed by atoms with Gasteiger partial charge < -0.3 is 25.0 Å². The highest BCUT2D eigenvalue weighted by Gasteiger charge is 2.32.